The Morgan fingerprint density at radius 3 is 2.75 bits per heavy atom. The molecule has 0 radical (unpaired) electrons. The van der Waals surface area contributed by atoms with E-state index in [1.807, 2.05) is 0 Å². The van der Waals surface area contributed by atoms with Crippen LogP contribution in [0.1, 0.15) is 17.7 Å². The van der Waals surface area contributed by atoms with Gasteiger partial charge < -0.3 is 5.32 Å². The standard InChI is InChI=1S/C12H12F2N4O2/c1-17-5-4-8(16-17)7-15-11-3-2-9(18(19)20)6-10(11)12(13)14/h2-6,12,15H,7H2,1H3. The predicted molar refractivity (Wildman–Crippen MR) is 68.6 cm³/mol. The van der Waals surface area contributed by atoms with Gasteiger partial charge in [-0.1, -0.05) is 0 Å². The lowest BCUT2D eigenvalue weighted by molar-refractivity contribution is -0.385. The highest BCUT2D eigenvalue weighted by molar-refractivity contribution is 5.56. The summed E-state index contributed by atoms with van der Waals surface area (Å²) in [4.78, 5) is 9.90. The van der Waals surface area contributed by atoms with E-state index in [9.17, 15) is 18.9 Å². The monoisotopic (exact) mass is 282 g/mol. The van der Waals surface area contributed by atoms with E-state index in [1.165, 1.54) is 12.1 Å². The zero-order valence-electron chi connectivity index (χ0n) is 10.6. The second-order valence-electron chi connectivity index (χ2n) is 4.16. The molecule has 2 rings (SSSR count). The quantitative estimate of drug-likeness (QED) is 0.676. The molecule has 1 heterocycles. The molecule has 0 fully saturated rings. The highest BCUT2D eigenvalue weighted by Crippen LogP contribution is 2.30. The third-order valence-corrected chi connectivity index (χ3v) is 2.71. The number of hydrogen-bond donors (Lipinski definition) is 1. The Morgan fingerprint density at radius 2 is 2.20 bits per heavy atom. The van der Waals surface area contributed by atoms with Crippen LogP contribution >= 0.6 is 0 Å². The summed E-state index contributed by atoms with van der Waals surface area (Å²) in [7, 11) is 1.75. The van der Waals surface area contributed by atoms with E-state index in [0.29, 0.717) is 5.69 Å². The molecule has 8 heteroatoms. The fraction of sp³-hybridized carbons (Fsp3) is 0.250. The average Bonchev–Trinajstić information content (AvgIpc) is 2.81. The molecule has 1 aromatic heterocycles. The van der Waals surface area contributed by atoms with Gasteiger partial charge >= 0.3 is 0 Å². The van der Waals surface area contributed by atoms with Gasteiger partial charge in [-0.05, 0) is 12.1 Å². The number of rotatable bonds is 5. The summed E-state index contributed by atoms with van der Waals surface area (Å²) in [5, 5.41) is 17.5. The fourth-order valence-electron chi connectivity index (χ4n) is 1.75. The van der Waals surface area contributed by atoms with Gasteiger partial charge in [-0.2, -0.15) is 5.10 Å². The molecule has 0 spiro atoms. The molecule has 0 unspecified atom stereocenters. The van der Waals surface area contributed by atoms with Gasteiger partial charge in [0, 0.05) is 36.6 Å². The predicted octanol–water partition coefficient (Wildman–Crippen LogP) is 2.88. The van der Waals surface area contributed by atoms with Crippen molar-refractivity contribution in [3.8, 4) is 0 Å². The van der Waals surface area contributed by atoms with E-state index in [-0.39, 0.29) is 17.9 Å². The molecule has 0 aliphatic rings. The van der Waals surface area contributed by atoms with Crippen LogP contribution in [0.2, 0.25) is 0 Å². The number of alkyl halides is 2. The zero-order chi connectivity index (χ0) is 14.7. The summed E-state index contributed by atoms with van der Waals surface area (Å²) in [6.07, 6.45) is -1.05. The number of aryl methyl sites for hydroxylation is 1. The van der Waals surface area contributed by atoms with Crippen molar-refractivity contribution in [1.82, 2.24) is 9.78 Å². The fourth-order valence-corrected chi connectivity index (χ4v) is 1.75. The first-order valence-corrected chi connectivity index (χ1v) is 5.76. The molecule has 0 aliphatic carbocycles. The molecule has 20 heavy (non-hydrogen) atoms. The summed E-state index contributed by atoms with van der Waals surface area (Å²) >= 11 is 0. The largest absolute Gasteiger partial charge is 0.379 e. The Bertz CT molecular complexity index is 628. The van der Waals surface area contributed by atoms with Crippen LogP contribution < -0.4 is 5.32 Å². The van der Waals surface area contributed by atoms with Gasteiger partial charge in [0.05, 0.1) is 17.2 Å². The second-order valence-corrected chi connectivity index (χ2v) is 4.16. The maximum atomic E-state index is 12.9. The van der Waals surface area contributed by atoms with Crippen LogP contribution in [0.15, 0.2) is 30.5 Å². The van der Waals surface area contributed by atoms with Crippen LogP contribution in [0.4, 0.5) is 20.2 Å². The summed E-state index contributed by atoms with van der Waals surface area (Å²) < 4.78 is 27.4. The van der Waals surface area contributed by atoms with Gasteiger partial charge in [0.25, 0.3) is 12.1 Å². The molecule has 0 bridgehead atoms. The third-order valence-electron chi connectivity index (χ3n) is 2.71. The van der Waals surface area contributed by atoms with E-state index in [1.54, 1.807) is 24.0 Å². The van der Waals surface area contributed by atoms with E-state index in [0.717, 1.165) is 6.07 Å². The van der Waals surface area contributed by atoms with Crippen molar-refractivity contribution in [3.05, 3.63) is 51.8 Å². The smallest absolute Gasteiger partial charge is 0.270 e. The lowest BCUT2D eigenvalue weighted by Gasteiger charge is -2.10. The molecular formula is C12H12F2N4O2. The van der Waals surface area contributed by atoms with Gasteiger partial charge in [-0.25, -0.2) is 8.78 Å². The van der Waals surface area contributed by atoms with Crippen molar-refractivity contribution in [2.24, 2.45) is 7.05 Å². The number of non-ortho nitro benzene ring substituents is 1. The van der Waals surface area contributed by atoms with Crippen LogP contribution in [0.5, 0.6) is 0 Å². The maximum absolute atomic E-state index is 12.9. The van der Waals surface area contributed by atoms with Crippen molar-refractivity contribution in [2.75, 3.05) is 5.32 Å². The Hall–Kier alpha value is -2.51. The van der Waals surface area contributed by atoms with Crippen LogP contribution in [-0.2, 0) is 13.6 Å². The summed E-state index contributed by atoms with van der Waals surface area (Å²) in [5.41, 5.74) is 0.0983. The minimum atomic E-state index is -2.79. The SMILES string of the molecule is Cn1ccc(CNc2ccc([N+](=O)[O-])cc2C(F)F)n1. The lowest BCUT2D eigenvalue weighted by atomic mass is 10.1. The van der Waals surface area contributed by atoms with Gasteiger partial charge in [-0.15, -0.1) is 0 Å². The second kappa shape index (κ2) is 5.64. The Morgan fingerprint density at radius 1 is 1.45 bits per heavy atom. The van der Waals surface area contributed by atoms with E-state index in [4.69, 9.17) is 0 Å². The van der Waals surface area contributed by atoms with Crippen LogP contribution in [0.25, 0.3) is 0 Å². The van der Waals surface area contributed by atoms with Crippen LogP contribution in [0, 0.1) is 10.1 Å². The van der Waals surface area contributed by atoms with Gasteiger partial charge in [0.1, 0.15) is 0 Å². The summed E-state index contributed by atoms with van der Waals surface area (Å²) in [5.74, 6) is 0. The molecule has 0 saturated heterocycles. The summed E-state index contributed by atoms with van der Waals surface area (Å²) in [6, 6.07) is 5.10. The third kappa shape index (κ3) is 3.08. The van der Waals surface area contributed by atoms with Crippen molar-refractivity contribution in [2.45, 2.75) is 13.0 Å². The molecule has 1 aromatic carbocycles. The van der Waals surface area contributed by atoms with Crippen molar-refractivity contribution >= 4 is 11.4 Å². The number of hydrogen-bond acceptors (Lipinski definition) is 4. The highest BCUT2D eigenvalue weighted by atomic mass is 19.3. The number of benzene rings is 1. The number of halogens is 2. The minimum absolute atomic E-state index is 0.163. The van der Waals surface area contributed by atoms with Gasteiger partial charge in [0.2, 0.25) is 0 Å². The number of anilines is 1. The molecule has 0 atom stereocenters. The molecule has 6 nitrogen and oxygen atoms in total. The average molecular weight is 282 g/mol. The lowest BCUT2D eigenvalue weighted by Crippen LogP contribution is -2.04. The summed E-state index contributed by atoms with van der Waals surface area (Å²) in [6.45, 7) is 0.262. The Balaban J connectivity index is 2.20. The number of nitrogens with zero attached hydrogens (tertiary/aromatic N) is 3. The van der Waals surface area contributed by atoms with Crippen molar-refractivity contribution < 1.29 is 13.7 Å². The van der Waals surface area contributed by atoms with Crippen molar-refractivity contribution in [3.63, 3.8) is 0 Å². The molecular weight excluding hydrogens is 270 g/mol. The van der Waals surface area contributed by atoms with Gasteiger partial charge in [-0.3, -0.25) is 14.8 Å². The minimum Gasteiger partial charge on any atom is -0.379 e. The van der Waals surface area contributed by atoms with Crippen LogP contribution in [-0.4, -0.2) is 14.7 Å². The molecule has 2 aromatic rings. The highest BCUT2D eigenvalue weighted by Gasteiger charge is 2.17. The molecule has 0 amide bonds. The zero-order valence-corrected chi connectivity index (χ0v) is 10.6. The molecule has 0 aliphatic heterocycles. The molecule has 1 N–H and O–H groups in total. The normalized spacial score (nSPS) is 10.8. The van der Waals surface area contributed by atoms with Crippen LogP contribution in [0.3, 0.4) is 0 Å². The molecule has 0 saturated carbocycles. The van der Waals surface area contributed by atoms with E-state index < -0.39 is 16.9 Å². The number of nitrogens with one attached hydrogen (secondary N) is 1. The van der Waals surface area contributed by atoms with Gasteiger partial charge in [0.15, 0.2) is 0 Å². The maximum Gasteiger partial charge on any atom is 0.270 e. The number of nitro benzene ring substituents is 1. The Kier molecular flexibility index (Phi) is 3.92. The Labute approximate surface area is 113 Å². The first-order chi connectivity index (χ1) is 9.47. The first-order valence-electron chi connectivity index (χ1n) is 5.76. The molecule has 106 valence electrons. The topological polar surface area (TPSA) is 73.0 Å². The number of aromatic nitrogens is 2. The van der Waals surface area contributed by atoms with E-state index >= 15 is 0 Å². The first kappa shape index (κ1) is 13.9. The number of nitro groups is 1. The van der Waals surface area contributed by atoms with Crippen molar-refractivity contribution in [1.29, 1.82) is 0 Å². The van der Waals surface area contributed by atoms with E-state index in [2.05, 4.69) is 10.4 Å².